The zero-order valence-corrected chi connectivity index (χ0v) is 9.56. The van der Waals surface area contributed by atoms with E-state index >= 15 is 0 Å². The molecule has 0 radical (unpaired) electrons. The molecule has 1 N–H and O–H groups in total. The lowest BCUT2D eigenvalue weighted by molar-refractivity contribution is -0.110. The minimum atomic E-state index is -0.912. The van der Waals surface area contributed by atoms with E-state index in [4.69, 9.17) is 5.11 Å². The molecule has 3 heteroatoms. The van der Waals surface area contributed by atoms with E-state index in [0.717, 1.165) is 23.8 Å². The molecule has 0 aliphatic rings. The Hall–Kier alpha value is -1.64. The summed E-state index contributed by atoms with van der Waals surface area (Å²) in [6.07, 6.45) is 2.37. The monoisotopic (exact) mass is 220 g/mol. The van der Waals surface area contributed by atoms with Crippen LogP contribution in [-0.4, -0.2) is 17.4 Å². The molecule has 1 rings (SSSR count). The number of aromatic carboxylic acids is 1. The molecule has 0 fully saturated rings. The van der Waals surface area contributed by atoms with Crippen LogP contribution in [0.4, 0.5) is 0 Å². The van der Waals surface area contributed by atoms with Crippen LogP contribution in [0.25, 0.3) is 0 Å². The first-order valence-corrected chi connectivity index (χ1v) is 5.38. The Morgan fingerprint density at radius 2 is 2.12 bits per heavy atom. The van der Waals surface area contributed by atoms with Crippen molar-refractivity contribution in [1.82, 2.24) is 0 Å². The topological polar surface area (TPSA) is 54.4 Å². The van der Waals surface area contributed by atoms with Gasteiger partial charge in [-0.05, 0) is 36.1 Å². The van der Waals surface area contributed by atoms with E-state index in [0.29, 0.717) is 12.0 Å². The van der Waals surface area contributed by atoms with E-state index in [1.54, 1.807) is 12.1 Å². The molecule has 16 heavy (non-hydrogen) atoms. The van der Waals surface area contributed by atoms with Gasteiger partial charge in [0.15, 0.2) is 0 Å². The molecule has 0 saturated heterocycles. The predicted octanol–water partition coefficient (Wildman–Crippen LogP) is 2.32. The average molecular weight is 220 g/mol. The van der Waals surface area contributed by atoms with Crippen molar-refractivity contribution >= 4 is 12.3 Å². The molecular weight excluding hydrogens is 204 g/mol. The maximum absolute atomic E-state index is 10.8. The average Bonchev–Trinajstić information content (AvgIpc) is 2.29. The summed E-state index contributed by atoms with van der Waals surface area (Å²) in [5.41, 5.74) is 2.38. The molecule has 0 aliphatic carbocycles. The Morgan fingerprint density at radius 1 is 1.44 bits per heavy atom. The Kier molecular flexibility index (Phi) is 4.23. The third-order valence-corrected chi connectivity index (χ3v) is 2.61. The molecule has 0 aromatic heterocycles. The van der Waals surface area contributed by atoms with Gasteiger partial charge < -0.3 is 9.90 Å². The lowest BCUT2D eigenvalue weighted by atomic mass is 9.95. The smallest absolute Gasteiger partial charge is 0.335 e. The summed E-state index contributed by atoms with van der Waals surface area (Å²) in [5.74, 6) is -0.939. The first-order chi connectivity index (χ1) is 7.58. The molecular formula is C13H16O3. The summed E-state index contributed by atoms with van der Waals surface area (Å²) in [6.45, 7) is 3.84. The van der Waals surface area contributed by atoms with E-state index in [2.05, 4.69) is 0 Å². The number of carboxylic acids is 1. The van der Waals surface area contributed by atoms with Crippen LogP contribution < -0.4 is 0 Å². The third kappa shape index (κ3) is 2.92. The fourth-order valence-corrected chi connectivity index (χ4v) is 1.68. The first-order valence-electron chi connectivity index (χ1n) is 5.38. The SMILES string of the molecule is CCc1cc(C(=O)O)ccc1CC(C)C=O. The second kappa shape index (κ2) is 5.45. The van der Waals surface area contributed by atoms with E-state index in [-0.39, 0.29) is 5.92 Å². The number of carboxylic acid groups (broad SMARTS) is 1. The molecule has 0 saturated carbocycles. The fraction of sp³-hybridized carbons (Fsp3) is 0.385. The zero-order chi connectivity index (χ0) is 12.1. The highest BCUT2D eigenvalue weighted by molar-refractivity contribution is 5.87. The van der Waals surface area contributed by atoms with Crippen molar-refractivity contribution in [2.75, 3.05) is 0 Å². The summed E-state index contributed by atoms with van der Waals surface area (Å²) < 4.78 is 0. The van der Waals surface area contributed by atoms with Crippen molar-refractivity contribution in [1.29, 1.82) is 0 Å². The van der Waals surface area contributed by atoms with E-state index in [9.17, 15) is 9.59 Å². The van der Waals surface area contributed by atoms with Crippen LogP contribution in [-0.2, 0) is 17.6 Å². The molecule has 1 atom stereocenters. The summed E-state index contributed by atoms with van der Waals surface area (Å²) in [5, 5.41) is 8.87. The van der Waals surface area contributed by atoms with Crippen molar-refractivity contribution < 1.29 is 14.7 Å². The van der Waals surface area contributed by atoms with Crippen LogP contribution in [0.3, 0.4) is 0 Å². The minimum Gasteiger partial charge on any atom is -0.478 e. The summed E-state index contributed by atoms with van der Waals surface area (Å²) in [7, 11) is 0. The highest BCUT2D eigenvalue weighted by Gasteiger charge is 2.09. The quantitative estimate of drug-likeness (QED) is 0.775. The van der Waals surface area contributed by atoms with Crippen LogP contribution in [0.2, 0.25) is 0 Å². The van der Waals surface area contributed by atoms with Gasteiger partial charge in [0.2, 0.25) is 0 Å². The predicted molar refractivity (Wildman–Crippen MR) is 61.7 cm³/mol. The van der Waals surface area contributed by atoms with Crippen molar-refractivity contribution in [3.63, 3.8) is 0 Å². The van der Waals surface area contributed by atoms with Gasteiger partial charge in [0.05, 0.1) is 5.56 Å². The summed E-state index contributed by atoms with van der Waals surface area (Å²) in [4.78, 5) is 21.4. The number of carbonyl (C=O) groups is 2. The highest BCUT2D eigenvalue weighted by atomic mass is 16.4. The molecule has 1 aromatic rings. The van der Waals surface area contributed by atoms with Crippen LogP contribution in [0.5, 0.6) is 0 Å². The number of aldehydes is 1. The van der Waals surface area contributed by atoms with Gasteiger partial charge >= 0.3 is 5.97 Å². The summed E-state index contributed by atoms with van der Waals surface area (Å²) in [6, 6.07) is 5.09. The highest BCUT2D eigenvalue weighted by Crippen LogP contribution is 2.16. The van der Waals surface area contributed by atoms with Crippen molar-refractivity contribution in [3.8, 4) is 0 Å². The number of benzene rings is 1. The Balaban J connectivity index is 3.01. The summed E-state index contributed by atoms with van der Waals surface area (Å²) >= 11 is 0. The second-order valence-electron chi connectivity index (χ2n) is 3.96. The second-order valence-corrected chi connectivity index (χ2v) is 3.96. The largest absolute Gasteiger partial charge is 0.478 e. The van der Waals surface area contributed by atoms with Gasteiger partial charge in [-0.1, -0.05) is 19.9 Å². The number of rotatable bonds is 5. The molecule has 0 aliphatic heterocycles. The standard InChI is InChI=1S/C13H16O3/c1-3-10-7-12(13(15)16)5-4-11(10)6-9(2)8-14/h4-5,7-9H,3,6H2,1-2H3,(H,15,16). The molecule has 0 spiro atoms. The van der Waals surface area contributed by atoms with E-state index < -0.39 is 5.97 Å². The van der Waals surface area contributed by atoms with Crippen molar-refractivity contribution in [2.24, 2.45) is 5.92 Å². The van der Waals surface area contributed by atoms with Crippen molar-refractivity contribution in [2.45, 2.75) is 26.7 Å². The van der Waals surface area contributed by atoms with Gasteiger partial charge in [-0.2, -0.15) is 0 Å². The van der Waals surface area contributed by atoms with Crippen molar-refractivity contribution in [3.05, 3.63) is 34.9 Å². The molecule has 1 unspecified atom stereocenters. The molecule has 3 nitrogen and oxygen atoms in total. The van der Waals surface area contributed by atoms with Gasteiger partial charge in [0.1, 0.15) is 6.29 Å². The molecule has 0 bridgehead atoms. The van der Waals surface area contributed by atoms with Gasteiger partial charge in [0, 0.05) is 5.92 Å². The fourth-order valence-electron chi connectivity index (χ4n) is 1.68. The number of aryl methyl sites for hydroxylation is 1. The Bertz CT molecular complexity index is 396. The van der Waals surface area contributed by atoms with Crippen LogP contribution >= 0.6 is 0 Å². The van der Waals surface area contributed by atoms with Gasteiger partial charge in [0.25, 0.3) is 0 Å². The number of hydrogen-bond donors (Lipinski definition) is 1. The lowest BCUT2D eigenvalue weighted by Crippen LogP contribution is -2.05. The zero-order valence-electron chi connectivity index (χ0n) is 9.56. The molecule has 0 amide bonds. The molecule has 1 aromatic carbocycles. The van der Waals surface area contributed by atoms with E-state index in [1.165, 1.54) is 0 Å². The molecule has 0 heterocycles. The van der Waals surface area contributed by atoms with Crippen LogP contribution in [0.15, 0.2) is 18.2 Å². The Morgan fingerprint density at radius 3 is 2.62 bits per heavy atom. The van der Waals surface area contributed by atoms with Crippen LogP contribution in [0, 0.1) is 5.92 Å². The normalized spacial score (nSPS) is 12.1. The van der Waals surface area contributed by atoms with Gasteiger partial charge in [-0.3, -0.25) is 0 Å². The van der Waals surface area contributed by atoms with Gasteiger partial charge in [-0.15, -0.1) is 0 Å². The minimum absolute atomic E-state index is 0.0269. The maximum Gasteiger partial charge on any atom is 0.335 e. The number of hydrogen-bond acceptors (Lipinski definition) is 2. The first kappa shape index (κ1) is 12.4. The van der Waals surface area contributed by atoms with E-state index in [1.807, 2.05) is 19.9 Å². The van der Waals surface area contributed by atoms with Gasteiger partial charge in [-0.25, -0.2) is 4.79 Å². The lowest BCUT2D eigenvalue weighted by Gasteiger charge is -2.10. The number of carbonyl (C=O) groups excluding carboxylic acids is 1. The maximum atomic E-state index is 10.8. The molecule has 86 valence electrons. The third-order valence-electron chi connectivity index (χ3n) is 2.61. The Labute approximate surface area is 95.1 Å². The van der Waals surface area contributed by atoms with Crippen LogP contribution in [0.1, 0.15) is 35.3 Å².